The molecule has 0 aliphatic carbocycles. The van der Waals surface area contributed by atoms with Gasteiger partial charge in [-0.05, 0) is 38.0 Å². The van der Waals surface area contributed by atoms with Crippen LogP contribution in [0.1, 0.15) is 18.5 Å². The van der Waals surface area contributed by atoms with Crippen molar-refractivity contribution in [3.63, 3.8) is 0 Å². The maximum absolute atomic E-state index is 6.15. The van der Waals surface area contributed by atoms with E-state index in [0.717, 1.165) is 54.1 Å². The number of nitrogens with zero attached hydrogens (tertiary/aromatic N) is 2. The zero-order valence-electron chi connectivity index (χ0n) is 13.6. The van der Waals surface area contributed by atoms with E-state index in [9.17, 15) is 0 Å². The van der Waals surface area contributed by atoms with Crippen LogP contribution in [0.5, 0.6) is 0 Å². The van der Waals surface area contributed by atoms with Crippen molar-refractivity contribution >= 4 is 22.5 Å². The summed E-state index contributed by atoms with van der Waals surface area (Å²) in [6.45, 7) is 3.51. The van der Waals surface area contributed by atoms with Crippen LogP contribution in [0.3, 0.4) is 0 Å². The van der Waals surface area contributed by atoms with Crippen molar-refractivity contribution in [2.45, 2.75) is 25.8 Å². The van der Waals surface area contributed by atoms with Crippen molar-refractivity contribution in [1.82, 2.24) is 9.97 Å². The fourth-order valence-electron chi connectivity index (χ4n) is 3.14. The molecule has 3 N–H and O–H groups in total. The number of nitrogen functional groups attached to an aromatic ring is 1. The minimum absolute atomic E-state index is 0.349. The molecule has 0 radical (unpaired) electrons. The fraction of sp³-hybridized carbons (Fsp3) is 0.333. The fourth-order valence-corrected chi connectivity index (χ4v) is 3.14. The number of furan rings is 1. The third-order valence-electron chi connectivity index (χ3n) is 4.37. The molecule has 3 aromatic rings. The van der Waals surface area contributed by atoms with Gasteiger partial charge in [0.1, 0.15) is 11.4 Å². The van der Waals surface area contributed by atoms with Crippen LogP contribution in [-0.4, -0.2) is 29.2 Å². The summed E-state index contributed by atoms with van der Waals surface area (Å²) in [5, 5.41) is 4.48. The monoisotopic (exact) mass is 324 g/mol. The lowest BCUT2D eigenvalue weighted by molar-refractivity contribution is 0.0905. The Kier molecular flexibility index (Phi) is 3.82. The molecule has 124 valence electrons. The first-order chi connectivity index (χ1) is 11.7. The molecule has 0 bridgehead atoms. The molecule has 0 spiro atoms. The summed E-state index contributed by atoms with van der Waals surface area (Å²) in [5.74, 6) is 0.400. The molecule has 1 aliphatic heterocycles. The molecule has 1 fully saturated rings. The Balaban J connectivity index is 1.77. The van der Waals surface area contributed by atoms with Gasteiger partial charge in [0.05, 0.1) is 0 Å². The third kappa shape index (κ3) is 2.69. The van der Waals surface area contributed by atoms with Crippen molar-refractivity contribution in [3.8, 4) is 11.3 Å². The average Bonchev–Trinajstić information content (AvgIpc) is 2.91. The first kappa shape index (κ1) is 15.0. The van der Waals surface area contributed by atoms with Gasteiger partial charge in [-0.25, -0.2) is 0 Å². The molecule has 4 rings (SSSR count). The summed E-state index contributed by atoms with van der Waals surface area (Å²) in [6.07, 6.45) is 5.50. The highest BCUT2D eigenvalue weighted by atomic mass is 16.5. The zero-order chi connectivity index (χ0) is 16.5. The lowest BCUT2D eigenvalue weighted by Crippen LogP contribution is -2.28. The number of nitrogens with two attached hydrogens (primary N) is 1. The molecular weight excluding hydrogens is 304 g/mol. The second kappa shape index (κ2) is 6.13. The number of rotatable bonds is 3. The maximum Gasteiger partial charge on any atom is 0.215 e. The molecule has 4 heterocycles. The van der Waals surface area contributed by atoms with E-state index in [0.29, 0.717) is 17.5 Å². The highest BCUT2D eigenvalue weighted by Gasteiger charge is 2.21. The van der Waals surface area contributed by atoms with Crippen LogP contribution in [0, 0.1) is 6.92 Å². The van der Waals surface area contributed by atoms with Crippen molar-refractivity contribution in [2.24, 2.45) is 0 Å². The summed E-state index contributed by atoms with van der Waals surface area (Å²) >= 11 is 0. The van der Waals surface area contributed by atoms with Crippen molar-refractivity contribution in [1.29, 1.82) is 0 Å². The summed E-state index contributed by atoms with van der Waals surface area (Å²) in [5.41, 5.74) is 10.4. The zero-order valence-corrected chi connectivity index (χ0v) is 13.6. The van der Waals surface area contributed by atoms with Gasteiger partial charge in [-0.3, -0.25) is 9.97 Å². The van der Waals surface area contributed by atoms with Crippen LogP contribution in [0.2, 0.25) is 0 Å². The second-order valence-corrected chi connectivity index (χ2v) is 6.09. The Morgan fingerprint density at radius 3 is 2.75 bits per heavy atom. The number of hydrogen-bond donors (Lipinski definition) is 2. The van der Waals surface area contributed by atoms with Gasteiger partial charge in [-0.15, -0.1) is 0 Å². The molecule has 3 aromatic heterocycles. The molecule has 1 aliphatic rings. The molecule has 0 saturated carbocycles. The number of pyridine rings is 2. The van der Waals surface area contributed by atoms with Crippen LogP contribution in [0.15, 0.2) is 35.0 Å². The van der Waals surface area contributed by atoms with Gasteiger partial charge in [-0.1, -0.05) is 0 Å². The van der Waals surface area contributed by atoms with Gasteiger partial charge >= 0.3 is 0 Å². The van der Waals surface area contributed by atoms with Crippen LogP contribution in [0.4, 0.5) is 11.6 Å². The molecule has 24 heavy (non-hydrogen) atoms. The number of anilines is 2. The Morgan fingerprint density at radius 1 is 1.17 bits per heavy atom. The van der Waals surface area contributed by atoms with Gasteiger partial charge in [0.25, 0.3) is 0 Å². The van der Waals surface area contributed by atoms with E-state index < -0.39 is 0 Å². The Morgan fingerprint density at radius 2 is 1.96 bits per heavy atom. The van der Waals surface area contributed by atoms with E-state index >= 15 is 0 Å². The summed E-state index contributed by atoms with van der Waals surface area (Å²) < 4.78 is 11.3. The van der Waals surface area contributed by atoms with Gasteiger partial charge < -0.3 is 20.2 Å². The van der Waals surface area contributed by atoms with E-state index in [4.69, 9.17) is 14.9 Å². The minimum atomic E-state index is 0.349. The quantitative estimate of drug-likeness (QED) is 0.768. The summed E-state index contributed by atoms with van der Waals surface area (Å²) in [6, 6.07) is 6.21. The maximum atomic E-state index is 6.15. The summed E-state index contributed by atoms with van der Waals surface area (Å²) in [4.78, 5) is 8.73. The smallest absolute Gasteiger partial charge is 0.215 e. The highest BCUT2D eigenvalue weighted by molar-refractivity contribution is 6.02. The van der Waals surface area contributed by atoms with Crippen LogP contribution in [0.25, 0.3) is 22.2 Å². The number of ether oxygens (including phenoxy) is 1. The van der Waals surface area contributed by atoms with Crippen molar-refractivity contribution in [2.75, 3.05) is 24.3 Å². The van der Waals surface area contributed by atoms with Crippen molar-refractivity contribution < 1.29 is 9.15 Å². The predicted octanol–water partition coefficient (Wildman–Crippen LogP) is 3.37. The minimum Gasteiger partial charge on any atom is -0.436 e. The van der Waals surface area contributed by atoms with Crippen LogP contribution in [-0.2, 0) is 4.74 Å². The Bertz CT molecular complexity index is 869. The molecule has 1 saturated heterocycles. The van der Waals surface area contributed by atoms with Gasteiger partial charge in [0, 0.05) is 48.3 Å². The molecule has 0 amide bonds. The number of hydrogen-bond acceptors (Lipinski definition) is 6. The van der Waals surface area contributed by atoms with Gasteiger partial charge in [-0.2, -0.15) is 0 Å². The molecular formula is C18H20N4O2. The number of aryl methyl sites for hydroxylation is 1. The van der Waals surface area contributed by atoms with E-state index in [1.54, 1.807) is 12.4 Å². The molecule has 6 nitrogen and oxygen atoms in total. The Hall–Kier alpha value is -2.60. The van der Waals surface area contributed by atoms with E-state index in [1.165, 1.54) is 0 Å². The summed E-state index contributed by atoms with van der Waals surface area (Å²) in [7, 11) is 0. The average molecular weight is 324 g/mol. The normalized spacial score (nSPS) is 15.7. The molecule has 0 atom stereocenters. The topological polar surface area (TPSA) is 86.2 Å². The predicted molar refractivity (Wildman–Crippen MR) is 93.9 cm³/mol. The molecule has 6 heteroatoms. The SMILES string of the molecule is Cc1cc(-c2nccc3c(NC4CCOCC4)c(N)oc23)ccn1. The lowest BCUT2D eigenvalue weighted by atomic mass is 10.1. The van der Waals surface area contributed by atoms with E-state index in [-0.39, 0.29) is 0 Å². The highest BCUT2D eigenvalue weighted by Crippen LogP contribution is 2.38. The Labute approximate surface area is 140 Å². The number of nitrogens with one attached hydrogen (secondary N) is 1. The second-order valence-electron chi connectivity index (χ2n) is 6.09. The van der Waals surface area contributed by atoms with Crippen LogP contribution >= 0.6 is 0 Å². The number of aromatic nitrogens is 2. The third-order valence-corrected chi connectivity index (χ3v) is 4.37. The number of fused-ring (bicyclic) bond motifs is 1. The first-order valence-electron chi connectivity index (χ1n) is 8.16. The van der Waals surface area contributed by atoms with Crippen LogP contribution < -0.4 is 11.1 Å². The van der Waals surface area contributed by atoms with E-state index in [1.807, 2.05) is 25.1 Å². The standard InChI is InChI=1S/C18H20N4O2/c1-11-10-12(2-6-20-11)15-17-14(3-7-21-15)16(18(19)24-17)22-13-4-8-23-9-5-13/h2-3,6-7,10,13,22H,4-5,8-9,19H2,1H3. The molecule has 0 unspecified atom stereocenters. The first-order valence-corrected chi connectivity index (χ1v) is 8.16. The van der Waals surface area contributed by atoms with Gasteiger partial charge in [0.2, 0.25) is 5.88 Å². The largest absolute Gasteiger partial charge is 0.436 e. The lowest BCUT2D eigenvalue weighted by Gasteiger charge is -2.23. The van der Waals surface area contributed by atoms with E-state index in [2.05, 4.69) is 15.3 Å². The van der Waals surface area contributed by atoms with Crippen molar-refractivity contribution in [3.05, 3.63) is 36.3 Å². The molecule has 0 aromatic carbocycles. The van der Waals surface area contributed by atoms with Gasteiger partial charge in [0.15, 0.2) is 5.58 Å².